The molecule has 0 saturated carbocycles. The number of unbranched alkanes of at least 4 members (excludes halogenated alkanes) is 1. The topological polar surface area (TPSA) is 65.7 Å². The van der Waals surface area contributed by atoms with E-state index < -0.39 is 5.97 Å². The first-order chi connectivity index (χ1) is 11.6. The fourth-order valence-electron chi connectivity index (χ4n) is 2.90. The molecule has 128 valence electrons. The van der Waals surface area contributed by atoms with Crippen LogP contribution in [0.4, 0.5) is 0 Å². The maximum absolute atomic E-state index is 12.0. The van der Waals surface area contributed by atoms with E-state index in [1.165, 1.54) is 0 Å². The van der Waals surface area contributed by atoms with Crippen LogP contribution in [0.5, 0.6) is 5.75 Å². The molecule has 0 radical (unpaired) electrons. The van der Waals surface area contributed by atoms with Gasteiger partial charge < -0.3 is 13.9 Å². The molecule has 0 amide bonds. The zero-order valence-corrected chi connectivity index (χ0v) is 14.3. The summed E-state index contributed by atoms with van der Waals surface area (Å²) in [6.07, 6.45) is 4.30. The van der Waals surface area contributed by atoms with E-state index in [-0.39, 0.29) is 12.2 Å². The van der Waals surface area contributed by atoms with Crippen LogP contribution in [0, 0.1) is 0 Å². The zero-order chi connectivity index (χ0) is 17.1. The number of aryl methyl sites for hydroxylation is 1. The van der Waals surface area contributed by atoms with Crippen LogP contribution >= 0.6 is 11.6 Å². The number of hydrogen-bond donors (Lipinski definition) is 0. The predicted molar refractivity (Wildman–Crippen MR) is 90.9 cm³/mol. The van der Waals surface area contributed by atoms with Crippen LogP contribution < -0.4 is 10.4 Å². The van der Waals surface area contributed by atoms with Crippen molar-refractivity contribution in [3.8, 4) is 5.75 Å². The van der Waals surface area contributed by atoms with Gasteiger partial charge >= 0.3 is 11.6 Å². The van der Waals surface area contributed by atoms with Crippen molar-refractivity contribution in [3.05, 3.63) is 38.7 Å². The lowest BCUT2D eigenvalue weighted by molar-refractivity contribution is -0.146. The quantitative estimate of drug-likeness (QED) is 0.452. The van der Waals surface area contributed by atoms with E-state index in [1.807, 2.05) is 6.92 Å². The normalized spacial score (nSPS) is 13.1. The van der Waals surface area contributed by atoms with Crippen LogP contribution in [0.1, 0.15) is 37.3 Å². The summed E-state index contributed by atoms with van der Waals surface area (Å²) in [6, 6.07) is 3.30. The van der Waals surface area contributed by atoms with Crippen molar-refractivity contribution in [1.29, 1.82) is 0 Å². The molecule has 1 aromatic carbocycles. The highest BCUT2D eigenvalue weighted by Gasteiger charge is 2.21. The van der Waals surface area contributed by atoms with Gasteiger partial charge in [0.25, 0.3) is 0 Å². The van der Waals surface area contributed by atoms with Crippen LogP contribution in [0.2, 0.25) is 5.02 Å². The Labute approximate surface area is 144 Å². The number of ether oxygens (including phenoxy) is 2. The first-order valence-electron chi connectivity index (χ1n) is 8.16. The van der Waals surface area contributed by atoms with Crippen molar-refractivity contribution in [1.82, 2.24) is 0 Å². The van der Waals surface area contributed by atoms with Gasteiger partial charge in [0, 0.05) is 17.0 Å². The van der Waals surface area contributed by atoms with E-state index in [1.54, 1.807) is 12.1 Å². The largest absolute Gasteiger partial charge is 0.480 e. The van der Waals surface area contributed by atoms with E-state index in [9.17, 15) is 9.59 Å². The molecular weight excluding hydrogens is 332 g/mol. The minimum Gasteiger partial charge on any atom is -0.480 e. The third-order valence-corrected chi connectivity index (χ3v) is 4.43. The highest BCUT2D eigenvalue weighted by Crippen LogP contribution is 2.34. The molecule has 0 unspecified atom stereocenters. The third kappa shape index (κ3) is 3.41. The Bertz CT molecular complexity index is 824. The number of carbonyl (C=O) groups is 1. The van der Waals surface area contributed by atoms with E-state index >= 15 is 0 Å². The number of halogens is 1. The Balaban J connectivity index is 1.80. The number of esters is 1. The van der Waals surface area contributed by atoms with Gasteiger partial charge in [-0.2, -0.15) is 0 Å². The molecular formula is C18H19ClO5. The molecule has 5 nitrogen and oxygen atoms in total. The second kappa shape index (κ2) is 7.26. The average Bonchev–Trinajstić information content (AvgIpc) is 3.05. The Hall–Kier alpha value is -2.01. The second-order valence-corrected chi connectivity index (χ2v) is 6.25. The maximum Gasteiger partial charge on any atom is 0.344 e. The molecule has 6 heteroatoms. The molecule has 0 aliphatic heterocycles. The highest BCUT2D eigenvalue weighted by atomic mass is 35.5. The maximum atomic E-state index is 12.0. The smallest absolute Gasteiger partial charge is 0.344 e. The third-order valence-electron chi connectivity index (χ3n) is 4.13. The molecule has 3 rings (SSSR count). The van der Waals surface area contributed by atoms with Crippen molar-refractivity contribution in [2.75, 3.05) is 13.2 Å². The highest BCUT2D eigenvalue weighted by molar-refractivity contribution is 6.32. The summed E-state index contributed by atoms with van der Waals surface area (Å²) in [5.74, 6) is -0.146. The van der Waals surface area contributed by atoms with Gasteiger partial charge in [0.2, 0.25) is 0 Å². The van der Waals surface area contributed by atoms with E-state index in [4.69, 9.17) is 25.5 Å². The lowest BCUT2D eigenvalue weighted by Crippen LogP contribution is -2.15. The lowest BCUT2D eigenvalue weighted by Gasteiger charge is -2.10. The Morgan fingerprint density at radius 2 is 2.08 bits per heavy atom. The second-order valence-electron chi connectivity index (χ2n) is 5.84. The molecule has 1 aromatic heterocycles. The number of hydrogen-bond acceptors (Lipinski definition) is 5. The molecule has 1 aliphatic carbocycles. The molecule has 2 aromatic rings. The predicted octanol–water partition coefficient (Wildman–Crippen LogP) is 3.66. The fraction of sp³-hybridized carbons (Fsp3) is 0.444. The minimum atomic E-state index is -0.449. The van der Waals surface area contributed by atoms with Crippen LogP contribution in [0.3, 0.4) is 0 Å². The first kappa shape index (κ1) is 16.8. The summed E-state index contributed by atoms with van der Waals surface area (Å²) in [6.45, 7) is 2.17. The summed E-state index contributed by atoms with van der Waals surface area (Å²) in [4.78, 5) is 23.6. The number of benzene rings is 1. The Morgan fingerprint density at radius 1 is 1.29 bits per heavy atom. The molecule has 1 heterocycles. The molecule has 0 N–H and O–H groups in total. The number of rotatable bonds is 6. The summed E-state index contributed by atoms with van der Waals surface area (Å²) in [5, 5.41) is 1.22. The Kier molecular flexibility index (Phi) is 5.09. The summed E-state index contributed by atoms with van der Waals surface area (Å²) in [5.41, 5.74) is 1.88. The van der Waals surface area contributed by atoms with E-state index in [2.05, 4.69) is 0 Å². The van der Waals surface area contributed by atoms with Gasteiger partial charge in [-0.05, 0) is 37.3 Å². The standard InChI is InChI=1S/C18H19ClO5/c1-2-3-7-22-17(20)10-23-16-9-15-13(8-14(16)19)11-5-4-6-12(11)18(21)24-15/h8-9H,2-7,10H2,1H3. The van der Waals surface area contributed by atoms with Gasteiger partial charge in [-0.25, -0.2) is 9.59 Å². The summed E-state index contributed by atoms with van der Waals surface area (Å²) >= 11 is 6.26. The van der Waals surface area contributed by atoms with Gasteiger partial charge in [-0.3, -0.25) is 0 Å². The summed E-state index contributed by atoms with van der Waals surface area (Å²) in [7, 11) is 0. The molecule has 0 bridgehead atoms. The SMILES string of the molecule is CCCCOC(=O)COc1cc2oc(=O)c3c(c2cc1Cl)CCC3. The molecule has 0 fully saturated rings. The van der Waals surface area contributed by atoms with Crippen molar-refractivity contribution in [3.63, 3.8) is 0 Å². The first-order valence-corrected chi connectivity index (χ1v) is 8.54. The fourth-order valence-corrected chi connectivity index (χ4v) is 3.12. The molecule has 0 atom stereocenters. The van der Waals surface area contributed by atoms with Gasteiger partial charge in [-0.15, -0.1) is 0 Å². The number of carbonyl (C=O) groups excluding carboxylic acids is 1. The van der Waals surface area contributed by atoms with Crippen molar-refractivity contribution >= 4 is 28.5 Å². The van der Waals surface area contributed by atoms with Crippen LogP contribution in [-0.2, 0) is 22.4 Å². The van der Waals surface area contributed by atoms with Crippen LogP contribution in [0.15, 0.2) is 21.3 Å². The minimum absolute atomic E-state index is 0.232. The van der Waals surface area contributed by atoms with Gasteiger partial charge in [0.05, 0.1) is 11.6 Å². The van der Waals surface area contributed by atoms with Crippen molar-refractivity contribution in [2.45, 2.75) is 39.0 Å². The molecule has 0 saturated heterocycles. The monoisotopic (exact) mass is 350 g/mol. The van der Waals surface area contributed by atoms with E-state index in [0.717, 1.165) is 48.6 Å². The summed E-state index contributed by atoms with van der Waals surface area (Å²) < 4.78 is 15.8. The Morgan fingerprint density at radius 3 is 2.88 bits per heavy atom. The average molecular weight is 351 g/mol. The molecule has 0 spiro atoms. The van der Waals surface area contributed by atoms with Crippen LogP contribution in [0.25, 0.3) is 11.0 Å². The lowest BCUT2D eigenvalue weighted by atomic mass is 10.1. The van der Waals surface area contributed by atoms with Gasteiger partial charge in [0.15, 0.2) is 6.61 Å². The molecule has 1 aliphatic rings. The van der Waals surface area contributed by atoms with Gasteiger partial charge in [-0.1, -0.05) is 24.9 Å². The van der Waals surface area contributed by atoms with E-state index in [0.29, 0.717) is 23.0 Å². The van der Waals surface area contributed by atoms with Crippen LogP contribution in [-0.4, -0.2) is 19.2 Å². The van der Waals surface area contributed by atoms with Gasteiger partial charge in [0.1, 0.15) is 11.3 Å². The number of fused-ring (bicyclic) bond motifs is 3. The van der Waals surface area contributed by atoms with Crippen molar-refractivity contribution in [2.24, 2.45) is 0 Å². The molecule has 24 heavy (non-hydrogen) atoms. The van der Waals surface area contributed by atoms with Crippen molar-refractivity contribution < 1.29 is 18.7 Å². The zero-order valence-electron chi connectivity index (χ0n) is 13.5.